The molecule has 1 unspecified atom stereocenters. The fourth-order valence-electron chi connectivity index (χ4n) is 0.568. The van der Waals surface area contributed by atoms with Gasteiger partial charge < -0.3 is 0 Å². The van der Waals surface area contributed by atoms with E-state index in [0.29, 0.717) is 0 Å². The Hall–Kier alpha value is 0.110. The van der Waals surface area contributed by atoms with Crippen LogP contribution in [-0.2, 0) is 11.0 Å². The summed E-state index contributed by atoms with van der Waals surface area (Å²) in [6, 6.07) is 0. The van der Waals surface area contributed by atoms with Gasteiger partial charge in [0.25, 0.3) is 0 Å². The molecule has 0 bridgehead atoms. The third-order valence-electron chi connectivity index (χ3n) is 1.47. The van der Waals surface area contributed by atoms with E-state index in [1.165, 1.54) is 0 Å². The van der Waals surface area contributed by atoms with Crippen molar-refractivity contribution in [1.82, 2.24) is 4.31 Å². The smallest absolute Gasteiger partial charge is 0.0939 e. The van der Waals surface area contributed by atoms with Crippen LogP contribution >= 0.6 is 0 Å². The molecule has 2 nitrogen and oxygen atoms in total. The van der Waals surface area contributed by atoms with E-state index in [4.69, 9.17) is 0 Å². The zero-order chi connectivity index (χ0) is 7.98. The standard InChI is InChI=1S/C7H17NOS/c1-4-6-7-10(9)8(3)5-2/h4-7H2,1-3H3. The van der Waals surface area contributed by atoms with Crippen molar-refractivity contribution >= 4 is 11.0 Å². The van der Waals surface area contributed by atoms with Gasteiger partial charge in [0.05, 0.1) is 11.0 Å². The molecule has 0 spiro atoms. The average molecular weight is 163 g/mol. The summed E-state index contributed by atoms with van der Waals surface area (Å²) in [6.07, 6.45) is 2.19. The first-order valence-corrected chi connectivity index (χ1v) is 5.09. The molecule has 0 aliphatic rings. The van der Waals surface area contributed by atoms with Gasteiger partial charge in [-0.25, -0.2) is 8.51 Å². The summed E-state index contributed by atoms with van der Waals surface area (Å²) in [6.45, 7) is 5.00. The molecule has 62 valence electrons. The number of hydrogen-bond acceptors (Lipinski definition) is 1. The van der Waals surface area contributed by atoms with Crippen molar-refractivity contribution in [1.29, 1.82) is 0 Å². The lowest BCUT2D eigenvalue weighted by atomic mass is 10.4. The van der Waals surface area contributed by atoms with Gasteiger partial charge in [-0.1, -0.05) is 20.3 Å². The summed E-state index contributed by atoms with van der Waals surface area (Å²) < 4.78 is 13.0. The third kappa shape index (κ3) is 4.01. The molecule has 0 N–H and O–H groups in total. The van der Waals surface area contributed by atoms with Gasteiger partial charge in [0.1, 0.15) is 0 Å². The minimum atomic E-state index is -0.731. The zero-order valence-corrected chi connectivity index (χ0v) is 7.91. The Bertz CT molecular complexity index is 106. The minimum Gasteiger partial charge on any atom is -0.243 e. The average Bonchev–Trinajstić information content (AvgIpc) is 1.98. The molecule has 0 aromatic rings. The van der Waals surface area contributed by atoms with Crippen molar-refractivity contribution in [2.24, 2.45) is 0 Å². The number of rotatable bonds is 5. The number of nitrogens with zero attached hydrogens (tertiary/aromatic N) is 1. The molecule has 0 radical (unpaired) electrons. The lowest BCUT2D eigenvalue weighted by molar-refractivity contribution is 0.546. The van der Waals surface area contributed by atoms with E-state index < -0.39 is 11.0 Å². The second-order valence-electron chi connectivity index (χ2n) is 2.32. The van der Waals surface area contributed by atoms with Crippen LogP contribution in [-0.4, -0.2) is 27.9 Å². The lowest BCUT2D eigenvalue weighted by Gasteiger charge is -2.11. The number of unbranched alkanes of at least 4 members (excludes halogenated alkanes) is 1. The van der Waals surface area contributed by atoms with Crippen molar-refractivity contribution in [2.45, 2.75) is 26.7 Å². The number of hydrogen-bond donors (Lipinski definition) is 0. The Kier molecular flexibility index (Phi) is 5.93. The highest BCUT2D eigenvalue weighted by Crippen LogP contribution is 1.95. The molecular weight excluding hydrogens is 146 g/mol. The third-order valence-corrected chi connectivity index (χ3v) is 3.06. The Morgan fingerprint density at radius 1 is 1.40 bits per heavy atom. The van der Waals surface area contributed by atoms with Crippen LogP contribution in [0.15, 0.2) is 0 Å². The molecule has 1 atom stereocenters. The normalized spacial score (nSPS) is 14.0. The van der Waals surface area contributed by atoms with E-state index >= 15 is 0 Å². The van der Waals surface area contributed by atoms with Crippen LogP contribution in [0.2, 0.25) is 0 Å². The van der Waals surface area contributed by atoms with E-state index in [2.05, 4.69) is 6.92 Å². The van der Waals surface area contributed by atoms with Gasteiger partial charge in [0.15, 0.2) is 0 Å². The molecule has 0 saturated heterocycles. The summed E-state index contributed by atoms with van der Waals surface area (Å²) in [4.78, 5) is 0. The van der Waals surface area contributed by atoms with Gasteiger partial charge in [-0.3, -0.25) is 0 Å². The second-order valence-corrected chi connectivity index (χ2v) is 4.00. The molecule has 0 aromatic carbocycles. The Morgan fingerprint density at radius 3 is 2.40 bits per heavy atom. The van der Waals surface area contributed by atoms with E-state index in [9.17, 15) is 4.21 Å². The molecule has 3 heteroatoms. The fraction of sp³-hybridized carbons (Fsp3) is 1.00. The molecule has 0 amide bonds. The van der Waals surface area contributed by atoms with Crippen LogP contribution in [0.25, 0.3) is 0 Å². The van der Waals surface area contributed by atoms with E-state index in [0.717, 1.165) is 25.1 Å². The molecule has 0 fully saturated rings. The summed E-state index contributed by atoms with van der Waals surface area (Å²) in [7, 11) is 1.16. The van der Waals surface area contributed by atoms with Crippen LogP contribution in [0.5, 0.6) is 0 Å². The quantitative estimate of drug-likeness (QED) is 0.600. The van der Waals surface area contributed by atoms with Crippen LogP contribution < -0.4 is 0 Å². The van der Waals surface area contributed by atoms with Crippen molar-refractivity contribution in [3.8, 4) is 0 Å². The largest absolute Gasteiger partial charge is 0.243 e. The molecule has 0 rings (SSSR count). The molecule has 0 aromatic heterocycles. The maximum absolute atomic E-state index is 11.2. The molecular formula is C7H17NOS. The zero-order valence-electron chi connectivity index (χ0n) is 7.09. The van der Waals surface area contributed by atoms with Crippen LogP contribution in [0.1, 0.15) is 26.7 Å². The molecule has 0 aliphatic heterocycles. The van der Waals surface area contributed by atoms with Gasteiger partial charge in [0, 0.05) is 12.3 Å². The maximum Gasteiger partial charge on any atom is 0.0939 e. The van der Waals surface area contributed by atoms with Crippen molar-refractivity contribution in [2.75, 3.05) is 19.3 Å². The highest BCUT2D eigenvalue weighted by Gasteiger charge is 2.02. The van der Waals surface area contributed by atoms with E-state index in [1.807, 2.05) is 18.3 Å². The van der Waals surface area contributed by atoms with Gasteiger partial charge in [-0.2, -0.15) is 0 Å². The van der Waals surface area contributed by atoms with Gasteiger partial charge in [-0.15, -0.1) is 0 Å². The SMILES string of the molecule is CCCCS(=O)N(C)CC. The monoisotopic (exact) mass is 163 g/mol. The second kappa shape index (κ2) is 5.86. The van der Waals surface area contributed by atoms with E-state index in [1.54, 1.807) is 0 Å². The van der Waals surface area contributed by atoms with Crippen LogP contribution in [0.4, 0.5) is 0 Å². The lowest BCUT2D eigenvalue weighted by Crippen LogP contribution is -2.22. The van der Waals surface area contributed by atoms with Gasteiger partial charge in [-0.05, 0) is 13.5 Å². The van der Waals surface area contributed by atoms with Crippen LogP contribution in [0, 0.1) is 0 Å². The highest BCUT2D eigenvalue weighted by molar-refractivity contribution is 7.82. The predicted molar refractivity (Wildman–Crippen MR) is 46.2 cm³/mol. The first kappa shape index (κ1) is 10.1. The van der Waals surface area contributed by atoms with Gasteiger partial charge >= 0.3 is 0 Å². The Balaban J connectivity index is 3.42. The van der Waals surface area contributed by atoms with Crippen LogP contribution in [0.3, 0.4) is 0 Å². The topological polar surface area (TPSA) is 20.3 Å². The van der Waals surface area contributed by atoms with Gasteiger partial charge in [0.2, 0.25) is 0 Å². The predicted octanol–water partition coefficient (Wildman–Crippen LogP) is 1.40. The molecule has 10 heavy (non-hydrogen) atoms. The van der Waals surface area contributed by atoms with E-state index in [-0.39, 0.29) is 0 Å². The summed E-state index contributed by atoms with van der Waals surface area (Å²) in [5.74, 6) is 0.820. The molecule has 0 aliphatic carbocycles. The summed E-state index contributed by atoms with van der Waals surface area (Å²) in [5, 5.41) is 0. The van der Waals surface area contributed by atoms with Crippen molar-refractivity contribution in [3.05, 3.63) is 0 Å². The highest BCUT2D eigenvalue weighted by atomic mass is 32.2. The van der Waals surface area contributed by atoms with Crippen molar-refractivity contribution < 1.29 is 4.21 Å². The first-order chi connectivity index (χ1) is 4.72. The Morgan fingerprint density at radius 2 is 2.00 bits per heavy atom. The maximum atomic E-state index is 11.2. The van der Waals surface area contributed by atoms with Crippen molar-refractivity contribution in [3.63, 3.8) is 0 Å². The summed E-state index contributed by atoms with van der Waals surface area (Å²) in [5.41, 5.74) is 0. The first-order valence-electron chi connectivity index (χ1n) is 3.82. The summed E-state index contributed by atoms with van der Waals surface area (Å²) >= 11 is 0. The fourth-order valence-corrected chi connectivity index (χ4v) is 1.70. The molecule has 0 saturated carbocycles. The molecule has 0 heterocycles. The Labute approximate surface area is 66.2 Å². The minimum absolute atomic E-state index is 0.731.